The maximum Gasteiger partial charge on any atom is 0.263 e. The topological polar surface area (TPSA) is 94.4 Å². The minimum absolute atomic E-state index is 0.218. The quantitative estimate of drug-likeness (QED) is 0.685. The number of anilines is 2. The van der Waals surface area contributed by atoms with Gasteiger partial charge in [0.15, 0.2) is 12.1 Å². The van der Waals surface area contributed by atoms with E-state index in [4.69, 9.17) is 11.6 Å². The number of nitrogens with zero attached hydrogens (tertiary/aromatic N) is 4. The van der Waals surface area contributed by atoms with E-state index in [0.29, 0.717) is 16.4 Å². The first-order valence-electron chi connectivity index (χ1n) is 8.72. The lowest BCUT2D eigenvalue weighted by molar-refractivity contribution is -0.123. The van der Waals surface area contributed by atoms with Gasteiger partial charge in [0.05, 0.1) is 5.69 Å². The van der Waals surface area contributed by atoms with Gasteiger partial charge in [-0.15, -0.1) is 0 Å². The van der Waals surface area contributed by atoms with Crippen LogP contribution in [0.4, 0.5) is 11.4 Å². The van der Waals surface area contributed by atoms with Crippen LogP contribution in [-0.2, 0) is 14.4 Å². The maximum atomic E-state index is 12.9. The molecular weight excluding hydrogens is 462 g/mol. The lowest BCUT2D eigenvalue weighted by Gasteiger charge is -2.20. The van der Waals surface area contributed by atoms with Gasteiger partial charge in [0.1, 0.15) is 6.54 Å². The van der Waals surface area contributed by atoms with E-state index >= 15 is 0 Å². The second-order valence-electron chi connectivity index (χ2n) is 6.69. The predicted octanol–water partition coefficient (Wildman–Crippen LogP) is 3.34. The molecule has 0 bridgehead atoms. The standard InChI is InChI=1S/C19H15BrClN5O3/c1-10-2-5-12(21)8-14(10)22-15(27)9-25-17-16(23-24-25)18(28)26(19(17)29)13-6-3-11(20)4-7-13/h2-8,16-17H,9H2,1H3,(H,22,27)/t16-,17+/m1/s1. The molecule has 2 heterocycles. The zero-order valence-electron chi connectivity index (χ0n) is 15.2. The number of imide groups is 1. The van der Waals surface area contributed by atoms with Gasteiger partial charge < -0.3 is 5.32 Å². The first-order chi connectivity index (χ1) is 13.8. The summed E-state index contributed by atoms with van der Waals surface area (Å²) in [5.74, 6) is -1.31. The van der Waals surface area contributed by atoms with Gasteiger partial charge in [0.2, 0.25) is 5.91 Å². The van der Waals surface area contributed by atoms with E-state index in [2.05, 4.69) is 31.6 Å². The van der Waals surface area contributed by atoms with Gasteiger partial charge in [0, 0.05) is 15.2 Å². The number of carbonyl (C=O) groups is 3. The molecule has 29 heavy (non-hydrogen) atoms. The average molecular weight is 477 g/mol. The highest BCUT2D eigenvalue weighted by Crippen LogP contribution is 2.32. The van der Waals surface area contributed by atoms with Crippen LogP contribution < -0.4 is 10.2 Å². The lowest BCUT2D eigenvalue weighted by atomic mass is 10.1. The molecule has 0 spiro atoms. The molecule has 0 aliphatic carbocycles. The normalized spacial score (nSPS) is 20.4. The van der Waals surface area contributed by atoms with Crippen LogP contribution in [-0.4, -0.2) is 41.4 Å². The number of rotatable bonds is 4. The van der Waals surface area contributed by atoms with Gasteiger partial charge in [-0.25, -0.2) is 4.90 Å². The van der Waals surface area contributed by atoms with E-state index in [0.717, 1.165) is 14.9 Å². The predicted molar refractivity (Wildman–Crippen MR) is 111 cm³/mol. The van der Waals surface area contributed by atoms with Crippen LogP contribution in [0.25, 0.3) is 0 Å². The Morgan fingerprint density at radius 2 is 1.90 bits per heavy atom. The number of hydrogen-bond acceptors (Lipinski definition) is 6. The minimum Gasteiger partial charge on any atom is -0.324 e. The van der Waals surface area contributed by atoms with Crippen LogP contribution in [0.1, 0.15) is 5.56 Å². The van der Waals surface area contributed by atoms with E-state index in [9.17, 15) is 14.4 Å². The Hall–Kier alpha value is -2.78. The molecule has 1 fully saturated rings. The fraction of sp³-hybridized carbons (Fsp3) is 0.211. The summed E-state index contributed by atoms with van der Waals surface area (Å²) in [7, 11) is 0. The van der Waals surface area contributed by atoms with Crippen molar-refractivity contribution in [1.82, 2.24) is 5.01 Å². The van der Waals surface area contributed by atoms with Gasteiger partial charge in [-0.05, 0) is 48.9 Å². The van der Waals surface area contributed by atoms with Gasteiger partial charge in [-0.1, -0.05) is 38.8 Å². The number of hydrogen-bond donors (Lipinski definition) is 1. The number of fused-ring (bicyclic) bond motifs is 1. The summed E-state index contributed by atoms with van der Waals surface area (Å²) in [6.07, 6.45) is 0. The molecule has 3 amide bonds. The SMILES string of the molecule is Cc1ccc(Cl)cc1NC(=O)CN1N=N[C@H]2C(=O)N(c3ccc(Br)cc3)C(=O)[C@H]21. The summed E-state index contributed by atoms with van der Waals surface area (Å²) in [4.78, 5) is 39.2. The molecule has 1 N–H and O–H groups in total. The Morgan fingerprint density at radius 3 is 2.62 bits per heavy atom. The molecule has 0 unspecified atom stereocenters. The number of aryl methyl sites for hydroxylation is 1. The van der Waals surface area contributed by atoms with E-state index in [-0.39, 0.29) is 6.54 Å². The number of carbonyl (C=O) groups excluding carboxylic acids is 3. The smallest absolute Gasteiger partial charge is 0.263 e. The van der Waals surface area contributed by atoms with Crippen molar-refractivity contribution in [1.29, 1.82) is 0 Å². The molecule has 148 valence electrons. The molecule has 2 aromatic rings. The summed E-state index contributed by atoms with van der Waals surface area (Å²) in [6.45, 7) is 1.62. The molecule has 2 atom stereocenters. The molecule has 8 nitrogen and oxygen atoms in total. The van der Waals surface area contributed by atoms with Crippen LogP contribution in [0.5, 0.6) is 0 Å². The summed E-state index contributed by atoms with van der Waals surface area (Å²) >= 11 is 9.30. The van der Waals surface area contributed by atoms with E-state index in [1.54, 1.807) is 42.5 Å². The summed E-state index contributed by atoms with van der Waals surface area (Å²) in [6, 6.07) is 10.1. The second kappa shape index (κ2) is 7.57. The summed E-state index contributed by atoms with van der Waals surface area (Å²) in [5, 5.41) is 12.3. The number of nitrogens with one attached hydrogen (secondary N) is 1. The van der Waals surface area contributed by atoms with E-state index < -0.39 is 29.8 Å². The van der Waals surface area contributed by atoms with Crippen molar-refractivity contribution in [2.45, 2.75) is 19.0 Å². The van der Waals surface area contributed by atoms with Gasteiger partial charge in [0.25, 0.3) is 11.8 Å². The van der Waals surface area contributed by atoms with Crippen LogP contribution in [0, 0.1) is 6.92 Å². The highest BCUT2D eigenvalue weighted by atomic mass is 79.9. The van der Waals surface area contributed by atoms with Gasteiger partial charge in [-0.2, -0.15) is 5.11 Å². The Morgan fingerprint density at radius 1 is 1.17 bits per heavy atom. The third-order valence-corrected chi connectivity index (χ3v) is 5.49. The molecule has 0 saturated carbocycles. The van der Waals surface area contributed by atoms with Crippen molar-refractivity contribution in [3.63, 3.8) is 0 Å². The monoisotopic (exact) mass is 475 g/mol. The minimum atomic E-state index is -0.952. The van der Waals surface area contributed by atoms with Crippen molar-refractivity contribution in [2.75, 3.05) is 16.8 Å². The average Bonchev–Trinajstić information content (AvgIpc) is 3.19. The van der Waals surface area contributed by atoms with Gasteiger partial charge in [-0.3, -0.25) is 19.4 Å². The fourth-order valence-corrected chi connectivity index (χ4v) is 3.70. The maximum absolute atomic E-state index is 12.9. The van der Waals surface area contributed by atoms with E-state index in [1.807, 2.05) is 6.92 Å². The molecule has 2 aliphatic heterocycles. The van der Waals surface area contributed by atoms with Crippen molar-refractivity contribution >= 4 is 56.6 Å². The largest absolute Gasteiger partial charge is 0.324 e. The van der Waals surface area contributed by atoms with Crippen LogP contribution in [0.2, 0.25) is 5.02 Å². The fourth-order valence-electron chi connectivity index (χ4n) is 3.26. The molecule has 10 heteroatoms. The Kier molecular flexibility index (Phi) is 5.10. The molecular formula is C19H15BrClN5O3. The van der Waals surface area contributed by atoms with Crippen molar-refractivity contribution in [2.24, 2.45) is 10.3 Å². The summed E-state index contributed by atoms with van der Waals surface area (Å²) in [5.41, 5.74) is 1.87. The number of benzene rings is 2. The third-order valence-electron chi connectivity index (χ3n) is 4.72. The molecule has 1 saturated heterocycles. The third kappa shape index (κ3) is 3.63. The highest BCUT2D eigenvalue weighted by Gasteiger charge is 2.55. The number of halogens is 2. The van der Waals surface area contributed by atoms with Crippen molar-refractivity contribution in [3.8, 4) is 0 Å². The van der Waals surface area contributed by atoms with Crippen molar-refractivity contribution < 1.29 is 14.4 Å². The number of amides is 3. The Balaban J connectivity index is 1.49. The highest BCUT2D eigenvalue weighted by molar-refractivity contribution is 9.10. The van der Waals surface area contributed by atoms with Crippen LogP contribution in [0.3, 0.4) is 0 Å². The first-order valence-corrected chi connectivity index (χ1v) is 9.89. The second-order valence-corrected chi connectivity index (χ2v) is 8.04. The van der Waals surface area contributed by atoms with Gasteiger partial charge >= 0.3 is 0 Å². The molecule has 0 aromatic heterocycles. The van der Waals surface area contributed by atoms with Crippen LogP contribution >= 0.6 is 27.5 Å². The zero-order valence-corrected chi connectivity index (χ0v) is 17.5. The molecule has 4 rings (SSSR count). The van der Waals surface area contributed by atoms with Crippen LogP contribution in [0.15, 0.2) is 57.3 Å². The van der Waals surface area contributed by atoms with E-state index in [1.165, 1.54) is 5.01 Å². The zero-order chi connectivity index (χ0) is 20.7. The Labute approximate surface area is 179 Å². The first kappa shape index (κ1) is 19.5. The Bertz CT molecular complexity index is 1040. The molecule has 0 radical (unpaired) electrons. The lowest BCUT2D eigenvalue weighted by Crippen LogP contribution is -2.43. The molecule has 2 aliphatic rings. The summed E-state index contributed by atoms with van der Waals surface area (Å²) < 4.78 is 0.829. The molecule has 2 aromatic carbocycles. The van der Waals surface area contributed by atoms with Crippen molar-refractivity contribution in [3.05, 3.63) is 57.5 Å².